The van der Waals surface area contributed by atoms with E-state index in [0.29, 0.717) is 16.8 Å². The first-order chi connectivity index (χ1) is 14.9. The van der Waals surface area contributed by atoms with Gasteiger partial charge in [0.05, 0.1) is 18.7 Å². The number of aliphatic hydroxyl groups excluding tert-OH is 1. The maximum absolute atomic E-state index is 13.1. The number of amides is 1. The molecule has 1 heterocycles. The summed E-state index contributed by atoms with van der Waals surface area (Å²) in [5, 5.41) is 21.0. The third-order valence-electron chi connectivity index (χ3n) is 5.32. The zero-order valence-electron chi connectivity index (χ0n) is 17.1. The number of hydrogen-bond donors (Lipinski definition) is 2. The molecule has 0 aromatic heterocycles. The van der Waals surface area contributed by atoms with Gasteiger partial charge in [-0.15, -0.1) is 0 Å². The molecule has 3 aromatic rings. The van der Waals surface area contributed by atoms with Crippen molar-refractivity contribution in [1.82, 2.24) is 0 Å². The molecule has 1 aliphatic rings. The molecule has 1 fully saturated rings. The number of phenols is 1. The quantitative estimate of drug-likeness (QED) is 0.376. The summed E-state index contributed by atoms with van der Waals surface area (Å²) in [5.74, 6) is -1.64. The lowest BCUT2D eigenvalue weighted by atomic mass is 9.94. The van der Waals surface area contributed by atoms with E-state index in [4.69, 9.17) is 4.74 Å². The maximum Gasteiger partial charge on any atom is 0.300 e. The second-order valence-electron chi connectivity index (χ2n) is 7.30. The summed E-state index contributed by atoms with van der Waals surface area (Å²) in [6.07, 6.45) is 0. The fourth-order valence-electron chi connectivity index (χ4n) is 3.74. The number of carbonyl (C=O) groups is 2. The second-order valence-corrected chi connectivity index (χ2v) is 7.30. The third kappa shape index (κ3) is 3.53. The van der Waals surface area contributed by atoms with Crippen LogP contribution in [0.2, 0.25) is 0 Å². The number of nitrogens with zero attached hydrogens (tertiary/aromatic N) is 1. The molecular formula is C25H21NO5. The van der Waals surface area contributed by atoms with Gasteiger partial charge < -0.3 is 14.9 Å². The van der Waals surface area contributed by atoms with Gasteiger partial charge >= 0.3 is 0 Å². The smallest absolute Gasteiger partial charge is 0.300 e. The maximum atomic E-state index is 13.1. The lowest BCUT2D eigenvalue weighted by Crippen LogP contribution is -2.29. The minimum atomic E-state index is -0.891. The highest BCUT2D eigenvalue weighted by Gasteiger charge is 2.47. The molecule has 1 amide bonds. The van der Waals surface area contributed by atoms with Crippen LogP contribution < -0.4 is 9.64 Å². The van der Waals surface area contributed by atoms with E-state index in [1.807, 2.05) is 19.1 Å². The molecule has 6 heteroatoms. The molecular weight excluding hydrogens is 394 g/mol. The number of hydrogen-bond acceptors (Lipinski definition) is 5. The highest BCUT2D eigenvalue weighted by atomic mass is 16.5. The molecule has 1 saturated heterocycles. The van der Waals surface area contributed by atoms with E-state index in [0.717, 1.165) is 5.56 Å². The summed E-state index contributed by atoms with van der Waals surface area (Å²) in [6, 6.07) is 19.5. The lowest BCUT2D eigenvalue weighted by molar-refractivity contribution is -0.132. The van der Waals surface area contributed by atoms with E-state index in [-0.39, 0.29) is 22.8 Å². The van der Waals surface area contributed by atoms with Crippen LogP contribution in [0, 0.1) is 6.92 Å². The van der Waals surface area contributed by atoms with Gasteiger partial charge in [-0.05, 0) is 36.8 Å². The average molecular weight is 415 g/mol. The molecule has 0 bridgehead atoms. The summed E-state index contributed by atoms with van der Waals surface area (Å²) in [6.45, 7) is 1.93. The van der Waals surface area contributed by atoms with E-state index in [1.165, 1.54) is 18.1 Å². The van der Waals surface area contributed by atoms with Crippen molar-refractivity contribution in [1.29, 1.82) is 0 Å². The van der Waals surface area contributed by atoms with Gasteiger partial charge in [-0.1, -0.05) is 54.1 Å². The second kappa shape index (κ2) is 7.99. The van der Waals surface area contributed by atoms with Crippen LogP contribution in [0.1, 0.15) is 22.7 Å². The standard InChI is InChI=1S/C25H21NO5/c1-15-8-11-18(12-9-15)26-22(17-10-13-19(27)20(14-17)31-2)21(24(29)25(26)30)23(28)16-6-4-3-5-7-16/h3-14,22,27-28H,1-2H3/t22-/m0/s1. The monoisotopic (exact) mass is 415 g/mol. The molecule has 1 aliphatic heterocycles. The number of aliphatic hydroxyl groups is 1. The number of phenolic OH excluding ortho intramolecular Hbond substituents is 1. The van der Waals surface area contributed by atoms with Gasteiger partial charge in [0.2, 0.25) is 0 Å². The zero-order chi connectivity index (χ0) is 22.1. The molecule has 0 unspecified atom stereocenters. The first-order valence-electron chi connectivity index (χ1n) is 9.72. The molecule has 0 aliphatic carbocycles. The van der Waals surface area contributed by atoms with Crippen LogP contribution in [0.4, 0.5) is 5.69 Å². The van der Waals surface area contributed by atoms with Gasteiger partial charge in [-0.2, -0.15) is 0 Å². The van der Waals surface area contributed by atoms with Crippen LogP contribution in [-0.2, 0) is 9.59 Å². The van der Waals surface area contributed by atoms with Crippen LogP contribution in [-0.4, -0.2) is 29.0 Å². The van der Waals surface area contributed by atoms with Gasteiger partial charge in [0.25, 0.3) is 11.7 Å². The number of ketones is 1. The van der Waals surface area contributed by atoms with Crippen molar-refractivity contribution in [3.8, 4) is 11.5 Å². The predicted octanol–water partition coefficient (Wildman–Crippen LogP) is 4.34. The Balaban J connectivity index is 1.96. The Hall–Kier alpha value is -4.06. The Morgan fingerprint density at radius 1 is 0.968 bits per heavy atom. The van der Waals surface area contributed by atoms with Gasteiger partial charge in [0, 0.05) is 11.3 Å². The van der Waals surface area contributed by atoms with Crippen LogP contribution in [0.15, 0.2) is 78.4 Å². The highest BCUT2D eigenvalue weighted by Crippen LogP contribution is 2.43. The minimum absolute atomic E-state index is 0.0236. The van der Waals surface area contributed by atoms with E-state index in [2.05, 4.69) is 0 Å². The molecule has 6 nitrogen and oxygen atoms in total. The van der Waals surface area contributed by atoms with Crippen molar-refractivity contribution >= 4 is 23.1 Å². The normalized spacial score (nSPS) is 17.7. The summed E-state index contributed by atoms with van der Waals surface area (Å²) < 4.78 is 5.22. The van der Waals surface area contributed by atoms with Crippen LogP contribution in [0.25, 0.3) is 5.76 Å². The van der Waals surface area contributed by atoms with Gasteiger partial charge in [-0.25, -0.2) is 0 Å². The lowest BCUT2D eigenvalue weighted by Gasteiger charge is -2.26. The fourth-order valence-corrected chi connectivity index (χ4v) is 3.74. The summed E-state index contributed by atoms with van der Waals surface area (Å²) in [5.41, 5.74) is 2.46. The predicted molar refractivity (Wildman–Crippen MR) is 117 cm³/mol. The topological polar surface area (TPSA) is 87.1 Å². The van der Waals surface area contributed by atoms with Crippen LogP contribution in [0.5, 0.6) is 11.5 Å². The van der Waals surface area contributed by atoms with Crippen molar-refractivity contribution in [2.45, 2.75) is 13.0 Å². The molecule has 0 radical (unpaired) electrons. The highest BCUT2D eigenvalue weighted by molar-refractivity contribution is 6.51. The molecule has 3 aromatic carbocycles. The number of Topliss-reactive ketones (excluding diaryl/α,β-unsaturated/α-hetero) is 1. The molecule has 156 valence electrons. The fraction of sp³-hybridized carbons (Fsp3) is 0.120. The van der Waals surface area contributed by atoms with Gasteiger partial charge in [0.15, 0.2) is 11.5 Å². The van der Waals surface area contributed by atoms with E-state index >= 15 is 0 Å². The summed E-state index contributed by atoms with van der Waals surface area (Å²) in [4.78, 5) is 27.5. The SMILES string of the molecule is COc1cc([C@H]2C(=C(O)c3ccccc3)C(=O)C(=O)N2c2ccc(C)cc2)ccc1O. The third-order valence-corrected chi connectivity index (χ3v) is 5.32. The molecule has 0 spiro atoms. The number of ether oxygens (including phenoxy) is 1. The number of aryl methyl sites for hydroxylation is 1. The first kappa shape index (κ1) is 20.2. The molecule has 2 N–H and O–H groups in total. The number of aromatic hydroxyl groups is 1. The van der Waals surface area contributed by atoms with Crippen molar-refractivity contribution < 1.29 is 24.5 Å². The molecule has 4 rings (SSSR count). The number of anilines is 1. The minimum Gasteiger partial charge on any atom is -0.507 e. The van der Waals surface area contributed by atoms with Crippen molar-refractivity contribution in [3.05, 3.63) is 95.1 Å². The van der Waals surface area contributed by atoms with E-state index in [9.17, 15) is 19.8 Å². The van der Waals surface area contributed by atoms with E-state index < -0.39 is 17.7 Å². The largest absolute Gasteiger partial charge is 0.507 e. The average Bonchev–Trinajstić information content (AvgIpc) is 3.05. The summed E-state index contributed by atoms with van der Waals surface area (Å²) >= 11 is 0. The van der Waals surface area contributed by atoms with Gasteiger partial charge in [-0.3, -0.25) is 14.5 Å². The molecule has 0 saturated carbocycles. The van der Waals surface area contributed by atoms with Crippen molar-refractivity contribution in [3.63, 3.8) is 0 Å². The Morgan fingerprint density at radius 3 is 2.29 bits per heavy atom. The Bertz CT molecular complexity index is 1180. The molecule has 31 heavy (non-hydrogen) atoms. The number of methoxy groups -OCH3 is 1. The number of carbonyl (C=O) groups excluding carboxylic acids is 2. The van der Waals surface area contributed by atoms with Crippen molar-refractivity contribution in [2.75, 3.05) is 12.0 Å². The molecule has 1 atom stereocenters. The number of benzene rings is 3. The van der Waals surface area contributed by atoms with Crippen LogP contribution in [0.3, 0.4) is 0 Å². The van der Waals surface area contributed by atoms with Gasteiger partial charge in [0.1, 0.15) is 5.76 Å². The van der Waals surface area contributed by atoms with Crippen LogP contribution >= 0.6 is 0 Å². The Labute approximate surface area is 179 Å². The number of rotatable bonds is 4. The zero-order valence-corrected chi connectivity index (χ0v) is 17.1. The summed E-state index contributed by atoms with van der Waals surface area (Å²) in [7, 11) is 1.42. The van der Waals surface area contributed by atoms with Crippen molar-refractivity contribution in [2.24, 2.45) is 0 Å². The Kier molecular flexibility index (Phi) is 5.21. The Morgan fingerprint density at radius 2 is 1.65 bits per heavy atom. The van der Waals surface area contributed by atoms with E-state index in [1.54, 1.807) is 54.6 Å². The first-order valence-corrected chi connectivity index (χ1v) is 9.72.